The second kappa shape index (κ2) is 6.75. The summed E-state index contributed by atoms with van der Waals surface area (Å²) in [5.74, 6) is -0.828. The highest BCUT2D eigenvalue weighted by molar-refractivity contribution is 7.99. The van der Waals surface area contributed by atoms with Gasteiger partial charge in [0, 0.05) is 9.79 Å². The molecule has 0 bridgehead atoms. The number of esters is 1. The molecular weight excluding hydrogens is 327 g/mol. The van der Waals surface area contributed by atoms with Crippen LogP contribution in [0.3, 0.4) is 0 Å². The van der Waals surface area contributed by atoms with Crippen LogP contribution in [-0.2, 0) is 10.9 Å². The van der Waals surface area contributed by atoms with E-state index in [9.17, 15) is 18.0 Å². The van der Waals surface area contributed by atoms with Crippen molar-refractivity contribution in [3.8, 4) is 6.07 Å². The van der Waals surface area contributed by atoms with Crippen LogP contribution in [0.4, 0.5) is 13.2 Å². The number of alkyl halides is 3. The van der Waals surface area contributed by atoms with Crippen molar-refractivity contribution >= 4 is 17.7 Å². The van der Waals surface area contributed by atoms with E-state index in [1.807, 2.05) is 6.07 Å². The Bertz CT molecular complexity index is 764. The minimum Gasteiger partial charge on any atom is -0.465 e. The predicted molar refractivity (Wildman–Crippen MR) is 78.1 cm³/mol. The molecule has 7 heteroatoms. The molecule has 0 N–H and O–H groups in total. The van der Waals surface area contributed by atoms with Gasteiger partial charge in [-0.1, -0.05) is 11.8 Å². The van der Waals surface area contributed by atoms with Gasteiger partial charge in [0.25, 0.3) is 0 Å². The summed E-state index contributed by atoms with van der Waals surface area (Å²) in [7, 11) is 1.11. The Morgan fingerprint density at radius 2 is 1.83 bits per heavy atom. The molecular formula is C16H10F3NO2S. The summed E-state index contributed by atoms with van der Waals surface area (Å²) in [5, 5.41) is 8.73. The highest BCUT2D eigenvalue weighted by Crippen LogP contribution is 2.40. The SMILES string of the molecule is COC(=O)c1ccc(Sc2ccc(C#N)cc2)c(C(F)(F)F)c1. The first-order chi connectivity index (χ1) is 10.8. The van der Waals surface area contributed by atoms with Crippen LogP contribution in [0.25, 0.3) is 0 Å². The number of nitrogens with zero attached hydrogens (tertiary/aromatic N) is 1. The van der Waals surface area contributed by atoms with E-state index in [0.717, 1.165) is 24.9 Å². The lowest BCUT2D eigenvalue weighted by atomic mass is 10.1. The summed E-state index contributed by atoms with van der Waals surface area (Å²) < 4.78 is 44.1. The summed E-state index contributed by atoms with van der Waals surface area (Å²) in [6.45, 7) is 0. The van der Waals surface area contributed by atoms with Crippen molar-refractivity contribution in [2.75, 3.05) is 7.11 Å². The van der Waals surface area contributed by atoms with Crippen LogP contribution in [0.1, 0.15) is 21.5 Å². The van der Waals surface area contributed by atoms with Gasteiger partial charge in [0.1, 0.15) is 0 Å². The first-order valence-corrected chi connectivity index (χ1v) is 7.14. The number of rotatable bonds is 3. The van der Waals surface area contributed by atoms with Crippen molar-refractivity contribution in [1.82, 2.24) is 0 Å². The Labute approximate surface area is 134 Å². The number of hydrogen-bond acceptors (Lipinski definition) is 4. The quantitative estimate of drug-likeness (QED) is 0.773. The van der Waals surface area contributed by atoms with Gasteiger partial charge in [-0.3, -0.25) is 0 Å². The number of benzene rings is 2. The van der Waals surface area contributed by atoms with Gasteiger partial charge < -0.3 is 4.74 Å². The van der Waals surface area contributed by atoms with E-state index in [0.29, 0.717) is 10.5 Å². The third kappa shape index (κ3) is 4.05. The van der Waals surface area contributed by atoms with Crippen molar-refractivity contribution in [3.05, 3.63) is 59.2 Å². The molecule has 0 fully saturated rings. The van der Waals surface area contributed by atoms with Gasteiger partial charge in [0.15, 0.2) is 0 Å². The summed E-state index contributed by atoms with van der Waals surface area (Å²) in [6.07, 6.45) is -4.60. The van der Waals surface area contributed by atoms with Gasteiger partial charge in [-0.05, 0) is 42.5 Å². The molecule has 0 aromatic heterocycles. The minimum atomic E-state index is -4.60. The average molecular weight is 337 g/mol. The fraction of sp³-hybridized carbons (Fsp3) is 0.125. The summed E-state index contributed by atoms with van der Waals surface area (Å²) >= 11 is 0.907. The van der Waals surface area contributed by atoms with Crippen molar-refractivity contribution in [2.45, 2.75) is 16.0 Å². The first kappa shape index (κ1) is 16.9. The molecule has 0 unspecified atom stereocenters. The van der Waals surface area contributed by atoms with Crippen LogP contribution in [0.15, 0.2) is 52.3 Å². The van der Waals surface area contributed by atoms with E-state index in [1.165, 1.54) is 24.3 Å². The van der Waals surface area contributed by atoms with Gasteiger partial charge >= 0.3 is 12.1 Å². The number of halogens is 3. The largest absolute Gasteiger partial charge is 0.465 e. The van der Waals surface area contributed by atoms with E-state index >= 15 is 0 Å². The molecule has 0 radical (unpaired) electrons. The Morgan fingerprint density at radius 3 is 2.35 bits per heavy atom. The fourth-order valence-corrected chi connectivity index (χ4v) is 2.76. The fourth-order valence-electron chi connectivity index (χ4n) is 1.81. The van der Waals surface area contributed by atoms with Gasteiger partial charge in [-0.2, -0.15) is 18.4 Å². The third-order valence-corrected chi connectivity index (χ3v) is 4.00. The van der Waals surface area contributed by atoms with Crippen molar-refractivity contribution in [2.24, 2.45) is 0 Å². The second-order valence-corrected chi connectivity index (χ2v) is 5.55. The zero-order valence-electron chi connectivity index (χ0n) is 11.8. The van der Waals surface area contributed by atoms with Crippen molar-refractivity contribution in [3.63, 3.8) is 0 Å². The number of nitriles is 1. The Hall–Kier alpha value is -2.46. The van der Waals surface area contributed by atoms with Crippen molar-refractivity contribution < 1.29 is 22.7 Å². The summed E-state index contributed by atoms with van der Waals surface area (Å²) in [4.78, 5) is 11.9. The third-order valence-electron chi connectivity index (χ3n) is 2.92. The van der Waals surface area contributed by atoms with Gasteiger partial charge in [0.2, 0.25) is 0 Å². The van der Waals surface area contributed by atoms with Crippen molar-refractivity contribution in [1.29, 1.82) is 5.26 Å². The molecule has 23 heavy (non-hydrogen) atoms. The van der Waals surface area contributed by atoms with Crippen LogP contribution in [0, 0.1) is 11.3 Å². The average Bonchev–Trinajstić information content (AvgIpc) is 2.54. The van der Waals surface area contributed by atoms with Crippen LogP contribution in [0.5, 0.6) is 0 Å². The van der Waals surface area contributed by atoms with E-state index in [2.05, 4.69) is 4.74 Å². The predicted octanol–water partition coefficient (Wildman–Crippen LogP) is 4.51. The van der Waals surface area contributed by atoms with E-state index in [4.69, 9.17) is 5.26 Å². The molecule has 0 spiro atoms. The van der Waals surface area contributed by atoms with Gasteiger partial charge in [0.05, 0.1) is 29.9 Å². The summed E-state index contributed by atoms with van der Waals surface area (Å²) in [5.41, 5.74) is -0.648. The van der Waals surface area contributed by atoms with E-state index < -0.39 is 17.7 Å². The molecule has 3 nitrogen and oxygen atoms in total. The number of carbonyl (C=O) groups is 1. The standard InChI is InChI=1S/C16H10F3NO2S/c1-22-15(21)11-4-7-14(13(8-11)16(17,18)19)23-12-5-2-10(9-20)3-6-12/h2-8H,1H3. The number of carbonyl (C=O) groups excluding carboxylic acids is 1. The smallest absolute Gasteiger partial charge is 0.417 e. The highest BCUT2D eigenvalue weighted by Gasteiger charge is 2.34. The van der Waals surface area contributed by atoms with Crippen LogP contribution >= 0.6 is 11.8 Å². The lowest BCUT2D eigenvalue weighted by Gasteiger charge is -2.13. The first-order valence-electron chi connectivity index (χ1n) is 6.32. The van der Waals surface area contributed by atoms with Gasteiger partial charge in [-0.25, -0.2) is 4.79 Å². The zero-order chi connectivity index (χ0) is 17.0. The zero-order valence-corrected chi connectivity index (χ0v) is 12.7. The molecule has 0 aliphatic carbocycles. The van der Waals surface area contributed by atoms with Crippen LogP contribution in [0.2, 0.25) is 0 Å². The molecule has 0 atom stereocenters. The lowest BCUT2D eigenvalue weighted by Crippen LogP contribution is -2.10. The molecule has 0 aliphatic heterocycles. The molecule has 2 rings (SSSR count). The molecule has 0 aliphatic rings. The second-order valence-electron chi connectivity index (χ2n) is 4.44. The Morgan fingerprint density at radius 1 is 1.17 bits per heavy atom. The Kier molecular flexibility index (Phi) is 4.96. The Balaban J connectivity index is 2.40. The van der Waals surface area contributed by atoms with Crippen LogP contribution in [-0.4, -0.2) is 13.1 Å². The maximum Gasteiger partial charge on any atom is 0.417 e. The lowest BCUT2D eigenvalue weighted by molar-refractivity contribution is -0.139. The molecule has 0 amide bonds. The van der Waals surface area contributed by atoms with E-state index in [1.54, 1.807) is 12.1 Å². The molecule has 118 valence electrons. The minimum absolute atomic E-state index is 0.0325. The van der Waals surface area contributed by atoms with Crippen LogP contribution < -0.4 is 0 Å². The molecule has 0 saturated heterocycles. The number of hydrogen-bond donors (Lipinski definition) is 0. The topological polar surface area (TPSA) is 50.1 Å². The van der Waals surface area contributed by atoms with E-state index in [-0.39, 0.29) is 10.5 Å². The summed E-state index contributed by atoms with van der Waals surface area (Å²) in [6, 6.07) is 11.4. The maximum atomic E-state index is 13.2. The normalized spacial score (nSPS) is 10.9. The monoisotopic (exact) mass is 337 g/mol. The highest BCUT2D eigenvalue weighted by atomic mass is 32.2. The number of ether oxygens (including phenoxy) is 1. The van der Waals surface area contributed by atoms with Gasteiger partial charge in [-0.15, -0.1) is 0 Å². The molecule has 0 saturated carbocycles. The number of methoxy groups -OCH3 is 1. The molecule has 2 aromatic carbocycles. The molecule has 2 aromatic rings. The maximum absolute atomic E-state index is 13.2. The molecule has 0 heterocycles.